The molecule has 2 heterocycles. The Kier molecular flexibility index (Phi) is 5.95. The number of amides is 1. The summed E-state index contributed by atoms with van der Waals surface area (Å²) in [5.74, 6) is 0.0296. The van der Waals surface area contributed by atoms with E-state index in [0.717, 1.165) is 22.0 Å². The fourth-order valence-electron chi connectivity index (χ4n) is 2.78. The van der Waals surface area contributed by atoms with Crippen molar-refractivity contribution < 1.29 is 14.5 Å². The average molecular weight is 432 g/mol. The van der Waals surface area contributed by atoms with E-state index in [1.165, 1.54) is 35.6 Å². The summed E-state index contributed by atoms with van der Waals surface area (Å²) in [6, 6.07) is 18.6. The first-order valence-electron chi connectivity index (χ1n) is 9.23. The zero-order chi connectivity index (χ0) is 21.6. The Morgan fingerprint density at radius 1 is 1.06 bits per heavy atom. The maximum Gasteiger partial charge on any atom is 0.269 e. The van der Waals surface area contributed by atoms with Crippen molar-refractivity contribution in [2.45, 2.75) is 0 Å². The van der Waals surface area contributed by atoms with Gasteiger partial charge in [0.05, 0.1) is 16.3 Å². The van der Waals surface area contributed by atoms with Crippen molar-refractivity contribution >= 4 is 28.6 Å². The highest BCUT2D eigenvalue weighted by Gasteiger charge is 2.10. The van der Waals surface area contributed by atoms with E-state index in [-0.39, 0.29) is 18.2 Å². The number of nitrogens with one attached hydrogen (secondary N) is 1. The molecule has 1 amide bonds. The Hall–Kier alpha value is -4.11. The van der Waals surface area contributed by atoms with Gasteiger partial charge in [-0.3, -0.25) is 19.9 Å². The van der Waals surface area contributed by atoms with Crippen LogP contribution >= 0.6 is 11.3 Å². The number of benzene rings is 2. The standard InChI is InChI=1S/C22H16N4O4S/c27-21(13-30-18-9-7-17(8-10-18)26(28)29)24-16-5-3-4-15(12-16)20-14-31-22(25-20)19-6-1-2-11-23-19/h1-12,14H,13H2,(H,24,27). The van der Waals surface area contributed by atoms with E-state index in [1.54, 1.807) is 12.3 Å². The predicted octanol–water partition coefficient (Wildman–Crippen LogP) is 4.80. The molecule has 0 fully saturated rings. The number of anilines is 1. The number of carbonyl (C=O) groups is 1. The molecule has 8 nitrogen and oxygen atoms in total. The van der Waals surface area contributed by atoms with E-state index in [9.17, 15) is 14.9 Å². The highest BCUT2D eigenvalue weighted by molar-refractivity contribution is 7.13. The number of thiazole rings is 1. The Morgan fingerprint density at radius 2 is 1.90 bits per heavy atom. The van der Waals surface area contributed by atoms with Crippen molar-refractivity contribution in [3.63, 3.8) is 0 Å². The first-order valence-corrected chi connectivity index (χ1v) is 10.1. The number of nitro benzene ring substituents is 1. The van der Waals surface area contributed by atoms with Gasteiger partial charge in [0.2, 0.25) is 0 Å². The van der Waals surface area contributed by atoms with Crippen LogP contribution in [-0.4, -0.2) is 27.4 Å². The third kappa shape index (κ3) is 5.09. The quantitative estimate of drug-likeness (QED) is 0.332. The third-order valence-electron chi connectivity index (χ3n) is 4.25. The molecule has 31 heavy (non-hydrogen) atoms. The topological polar surface area (TPSA) is 107 Å². The highest BCUT2D eigenvalue weighted by Crippen LogP contribution is 2.29. The van der Waals surface area contributed by atoms with Gasteiger partial charge in [-0.2, -0.15) is 0 Å². The SMILES string of the molecule is O=C(COc1ccc([N+](=O)[O-])cc1)Nc1cccc(-c2csc(-c3ccccn3)n2)c1. The average Bonchev–Trinajstić information content (AvgIpc) is 3.29. The molecular weight excluding hydrogens is 416 g/mol. The predicted molar refractivity (Wildman–Crippen MR) is 118 cm³/mol. The number of nitro groups is 1. The van der Waals surface area contributed by atoms with Gasteiger partial charge in [-0.25, -0.2) is 4.98 Å². The lowest BCUT2D eigenvalue weighted by Crippen LogP contribution is -2.20. The summed E-state index contributed by atoms with van der Waals surface area (Å²) in [4.78, 5) is 31.4. The van der Waals surface area contributed by atoms with Crippen molar-refractivity contribution in [3.05, 3.63) is 88.4 Å². The summed E-state index contributed by atoms with van der Waals surface area (Å²) in [6.07, 6.45) is 1.73. The summed E-state index contributed by atoms with van der Waals surface area (Å²) in [7, 11) is 0. The maximum absolute atomic E-state index is 12.2. The van der Waals surface area contributed by atoms with E-state index >= 15 is 0 Å². The molecule has 4 aromatic rings. The summed E-state index contributed by atoms with van der Waals surface area (Å²) in [6.45, 7) is -0.220. The first kappa shape index (κ1) is 20.2. The van der Waals surface area contributed by atoms with Crippen molar-refractivity contribution in [1.29, 1.82) is 0 Å². The Bertz CT molecular complexity index is 1210. The van der Waals surface area contributed by atoms with E-state index < -0.39 is 4.92 Å². The lowest BCUT2D eigenvalue weighted by atomic mass is 10.1. The third-order valence-corrected chi connectivity index (χ3v) is 5.11. The van der Waals surface area contributed by atoms with Crippen LogP contribution in [0.1, 0.15) is 0 Å². The number of hydrogen-bond acceptors (Lipinski definition) is 7. The van der Waals surface area contributed by atoms with Crippen LogP contribution in [0.25, 0.3) is 22.0 Å². The second-order valence-electron chi connectivity index (χ2n) is 6.42. The number of hydrogen-bond donors (Lipinski definition) is 1. The van der Waals surface area contributed by atoms with Gasteiger partial charge in [0.25, 0.3) is 11.6 Å². The number of carbonyl (C=O) groups excluding carboxylic acids is 1. The van der Waals surface area contributed by atoms with Gasteiger partial charge in [-0.15, -0.1) is 11.3 Å². The molecule has 0 aliphatic heterocycles. The molecule has 154 valence electrons. The molecule has 0 radical (unpaired) electrons. The highest BCUT2D eigenvalue weighted by atomic mass is 32.1. The van der Waals surface area contributed by atoms with Crippen molar-refractivity contribution in [1.82, 2.24) is 9.97 Å². The molecule has 0 aliphatic carbocycles. The molecule has 0 saturated carbocycles. The molecule has 0 bridgehead atoms. The van der Waals surface area contributed by atoms with Gasteiger partial charge in [0.15, 0.2) is 6.61 Å². The molecule has 0 saturated heterocycles. The van der Waals surface area contributed by atoms with Gasteiger partial charge in [0, 0.05) is 35.0 Å². The number of nitrogens with zero attached hydrogens (tertiary/aromatic N) is 3. The molecule has 9 heteroatoms. The van der Waals surface area contributed by atoms with Gasteiger partial charge < -0.3 is 10.1 Å². The van der Waals surface area contributed by atoms with Crippen LogP contribution < -0.4 is 10.1 Å². The summed E-state index contributed by atoms with van der Waals surface area (Å²) in [5, 5.41) is 16.2. The zero-order valence-electron chi connectivity index (χ0n) is 16.1. The van der Waals surface area contributed by atoms with Gasteiger partial charge in [-0.05, 0) is 36.4 Å². The molecule has 1 N–H and O–H groups in total. The Morgan fingerprint density at radius 3 is 2.65 bits per heavy atom. The van der Waals surface area contributed by atoms with E-state index in [0.29, 0.717) is 11.4 Å². The van der Waals surface area contributed by atoms with Crippen LogP contribution in [0.3, 0.4) is 0 Å². The van der Waals surface area contributed by atoms with E-state index in [1.807, 2.05) is 41.8 Å². The minimum absolute atomic E-state index is 0.0399. The lowest BCUT2D eigenvalue weighted by molar-refractivity contribution is -0.384. The fraction of sp³-hybridized carbons (Fsp3) is 0.0455. The first-order chi connectivity index (χ1) is 15.1. The van der Waals surface area contributed by atoms with Crippen LogP contribution in [0.5, 0.6) is 5.75 Å². The molecule has 0 atom stereocenters. The number of non-ortho nitro benzene ring substituents is 1. The number of ether oxygens (including phenoxy) is 1. The number of aromatic nitrogens is 2. The zero-order valence-corrected chi connectivity index (χ0v) is 16.9. The normalized spacial score (nSPS) is 10.5. The van der Waals surface area contributed by atoms with Crippen LogP contribution in [0.15, 0.2) is 78.3 Å². The van der Waals surface area contributed by atoms with Crippen LogP contribution in [0.4, 0.5) is 11.4 Å². The smallest absolute Gasteiger partial charge is 0.269 e. The molecule has 0 aliphatic rings. The fourth-order valence-corrected chi connectivity index (χ4v) is 3.58. The summed E-state index contributed by atoms with van der Waals surface area (Å²) in [5.41, 5.74) is 3.05. The van der Waals surface area contributed by atoms with Crippen LogP contribution in [-0.2, 0) is 4.79 Å². The Labute approximate surface area is 181 Å². The van der Waals surface area contributed by atoms with Crippen molar-refractivity contribution in [3.8, 4) is 27.7 Å². The minimum atomic E-state index is -0.495. The lowest BCUT2D eigenvalue weighted by Gasteiger charge is -2.08. The minimum Gasteiger partial charge on any atom is -0.484 e. The molecule has 2 aromatic heterocycles. The van der Waals surface area contributed by atoms with Gasteiger partial charge in [0.1, 0.15) is 10.8 Å². The van der Waals surface area contributed by atoms with E-state index in [4.69, 9.17) is 4.74 Å². The summed E-state index contributed by atoms with van der Waals surface area (Å²) < 4.78 is 5.39. The molecule has 0 spiro atoms. The largest absolute Gasteiger partial charge is 0.484 e. The number of pyridine rings is 1. The van der Waals surface area contributed by atoms with Crippen LogP contribution in [0.2, 0.25) is 0 Å². The summed E-state index contributed by atoms with van der Waals surface area (Å²) >= 11 is 1.50. The van der Waals surface area contributed by atoms with Crippen molar-refractivity contribution in [2.24, 2.45) is 0 Å². The van der Waals surface area contributed by atoms with Gasteiger partial charge in [-0.1, -0.05) is 18.2 Å². The molecule has 2 aromatic carbocycles. The van der Waals surface area contributed by atoms with Crippen LogP contribution in [0, 0.1) is 10.1 Å². The molecular formula is C22H16N4O4S. The molecule has 4 rings (SSSR count). The van der Waals surface area contributed by atoms with E-state index in [2.05, 4.69) is 15.3 Å². The second-order valence-corrected chi connectivity index (χ2v) is 7.28. The van der Waals surface area contributed by atoms with Crippen molar-refractivity contribution in [2.75, 3.05) is 11.9 Å². The number of rotatable bonds is 7. The molecule has 0 unspecified atom stereocenters. The van der Waals surface area contributed by atoms with Gasteiger partial charge >= 0.3 is 0 Å². The maximum atomic E-state index is 12.2. The monoisotopic (exact) mass is 432 g/mol. The Balaban J connectivity index is 1.39. The second kappa shape index (κ2) is 9.14.